The van der Waals surface area contributed by atoms with E-state index in [1.54, 1.807) is 30.1 Å². The molecule has 1 aliphatic heterocycles. The summed E-state index contributed by atoms with van der Waals surface area (Å²) < 4.78 is 0. The molecule has 130 valence electrons. The number of carbonyl (C=O) groups excluding carboxylic acids is 2. The molecule has 25 heavy (non-hydrogen) atoms. The van der Waals surface area contributed by atoms with Gasteiger partial charge in [0.1, 0.15) is 5.70 Å². The van der Waals surface area contributed by atoms with Gasteiger partial charge >= 0.3 is 0 Å². The number of imide groups is 1. The average Bonchev–Trinajstić information content (AvgIpc) is 3.15. The number of hydrogen-bond acceptors (Lipinski definition) is 5. The van der Waals surface area contributed by atoms with E-state index in [1.165, 1.54) is 16.2 Å². The van der Waals surface area contributed by atoms with E-state index in [2.05, 4.69) is 0 Å². The number of nitrogens with zero attached hydrogens (tertiary/aromatic N) is 2. The van der Waals surface area contributed by atoms with E-state index in [4.69, 9.17) is 11.6 Å². The van der Waals surface area contributed by atoms with Crippen molar-refractivity contribution >= 4 is 46.0 Å². The quantitative estimate of drug-likeness (QED) is 0.815. The number of anilines is 1. The lowest BCUT2D eigenvalue weighted by molar-refractivity contribution is -0.120. The molecule has 0 atom stereocenters. The summed E-state index contributed by atoms with van der Waals surface area (Å²) >= 11 is 7.39. The minimum absolute atomic E-state index is 0.112. The maximum absolute atomic E-state index is 13.1. The van der Waals surface area contributed by atoms with Gasteiger partial charge in [-0.1, -0.05) is 17.7 Å². The largest absolute Gasteiger partial charge is 0.395 e. The van der Waals surface area contributed by atoms with Gasteiger partial charge in [0.15, 0.2) is 0 Å². The van der Waals surface area contributed by atoms with Crippen molar-refractivity contribution in [2.75, 3.05) is 25.1 Å². The maximum Gasteiger partial charge on any atom is 0.282 e. The monoisotopic (exact) mass is 376 g/mol. The molecule has 0 saturated carbocycles. The van der Waals surface area contributed by atoms with E-state index in [1.807, 2.05) is 24.4 Å². The second-order valence-electron chi connectivity index (χ2n) is 5.72. The fourth-order valence-corrected chi connectivity index (χ4v) is 3.85. The van der Waals surface area contributed by atoms with Crippen LogP contribution >= 0.6 is 22.9 Å². The number of hydrogen-bond donors (Lipinski definition) is 1. The Labute approximate surface area is 154 Å². The SMILES string of the molecule is Cc1cc(Cl)ccc1N1C(=O)C(c2cccs2)=C(N(C)CCO)C1=O. The molecular weight excluding hydrogens is 360 g/mol. The summed E-state index contributed by atoms with van der Waals surface area (Å²) in [6.45, 7) is 1.96. The van der Waals surface area contributed by atoms with Gasteiger partial charge in [-0.3, -0.25) is 9.59 Å². The van der Waals surface area contributed by atoms with Gasteiger partial charge in [0, 0.05) is 23.5 Å². The zero-order valence-electron chi connectivity index (χ0n) is 13.8. The van der Waals surface area contributed by atoms with Crippen molar-refractivity contribution in [1.29, 1.82) is 0 Å². The number of aliphatic hydroxyl groups excluding tert-OH is 1. The third kappa shape index (κ3) is 3.08. The highest BCUT2D eigenvalue weighted by atomic mass is 35.5. The molecule has 1 aromatic heterocycles. The first kappa shape index (κ1) is 17.7. The van der Waals surface area contributed by atoms with Crippen LogP contribution in [-0.2, 0) is 9.59 Å². The van der Waals surface area contributed by atoms with E-state index in [0.717, 1.165) is 10.4 Å². The predicted octanol–water partition coefficient (Wildman–Crippen LogP) is 2.92. The lowest BCUT2D eigenvalue weighted by atomic mass is 10.1. The summed E-state index contributed by atoms with van der Waals surface area (Å²) in [6.07, 6.45) is 0. The summed E-state index contributed by atoms with van der Waals surface area (Å²) in [7, 11) is 1.70. The lowest BCUT2D eigenvalue weighted by Crippen LogP contribution is -2.35. The van der Waals surface area contributed by atoms with Gasteiger partial charge in [-0.15, -0.1) is 11.3 Å². The van der Waals surface area contributed by atoms with Gasteiger partial charge in [0.2, 0.25) is 0 Å². The lowest BCUT2D eigenvalue weighted by Gasteiger charge is -2.21. The van der Waals surface area contributed by atoms with Crippen LogP contribution in [0.5, 0.6) is 0 Å². The molecule has 0 radical (unpaired) electrons. The van der Waals surface area contributed by atoms with Crippen LogP contribution in [0.2, 0.25) is 5.02 Å². The molecule has 0 aliphatic carbocycles. The fourth-order valence-electron chi connectivity index (χ4n) is 2.87. The van der Waals surface area contributed by atoms with Crippen LogP contribution in [0.4, 0.5) is 5.69 Å². The summed E-state index contributed by atoms with van der Waals surface area (Å²) in [5.74, 6) is -0.757. The number of amides is 2. The molecule has 2 aromatic rings. The van der Waals surface area contributed by atoms with Gasteiger partial charge < -0.3 is 10.0 Å². The molecule has 0 bridgehead atoms. The van der Waals surface area contributed by atoms with Gasteiger partial charge in [0.05, 0.1) is 17.9 Å². The molecule has 5 nitrogen and oxygen atoms in total. The Morgan fingerprint density at radius 2 is 2.00 bits per heavy atom. The molecule has 0 spiro atoms. The Morgan fingerprint density at radius 1 is 1.24 bits per heavy atom. The number of aryl methyl sites for hydroxylation is 1. The summed E-state index contributed by atoms with van der Waals surface area (Å²) in [5.41, 5.74) is 1.92. The topological polar surface area (TPSA) is 60.9 Å². The first-order valence-corrected chi connectivity index (χ1v) is 8.96. The van der Waals surface area contributed by atoms with Crippen LogP contribution in [0, 0.1) is 6.92 Å². The summed E-state index contributed by atoms with van der Waals surface area (Å²) in [4.78, 5) is 29.7. The molecule has 3 rings (SSSR count). The molecule has 1 aliphatic rings. The summed E-state index contributed by atoms with van der Waals surface area (Å²) in [6, 6.07) is 8.71. The summed E-state index contributed by atoms with van der Waals surface area (Å²) in [5, 5.41) is 11.6. The van der Waals surface area contributed by atoms with Crippen molar-refractivity contribution in [3.63, 3.8) is 0 Å². The molecule has 0 unspecified atom stereocenters. The van der Waals surface area contributed by atoms with Crippen molar-refractivity contribution in [3.8, 4) is 0 Å². The predicted molar refractivity (Wildman–Crippen MR) is 99.6 cm³/mol. The molecule has 0 fully saturated rings. The smallest absolute Gasteiger partial charge is 0.282 e. The number of rotatable bonds is 5. The van der Waals surface area contributed by atoms with Crippen molar-refractivity contribution in [3.05, 3.63) is 56.9 Å². The fraction of sp³-hybridized carbons (Fsp3) is 0.222. The second-order valence-corrected chi connectivity index (χ2v) is 7.11. The maximum atomic E-state index is 13.1. The highest BCUT2D eigenvalue weighted by Gasteiger charge is 2.42. The Morgan fingerprint density at radius 3 is 2.60 bits per heavy atom. The molecule has 7 heteroatoms. The molecule has 0 saturated heterocycles. The molecule has 1 N–H and O–H groups in total. The van der Waals surface area contributed by atoms with Crippen LogP contribution in [0.1, 0.15) is 10.4 Å². The van der Waals surface area contributed by atoms with E-state index in [9.17, 15) is 14.7 Å². The van der Waals surface area contributed by atoms with Gasteiger partial charge in [-0.25, -0.2) is 4.90 Å². The van der Waals surface area contributed by atoms with E-state index in [-0.39, 0.29) is 19.1 Å². The Kier molecular flexibility index (Phi) is 4.94. The Balaban J connectivity index is 2.12. The van der Waals surface area contributed by atoms with Gasteiger partial charge in [0.25, 0.3) is 11.8 Å². The van der Waals surface area contributed by atoms with Crippen LogP contribution in [0.3, 0.4) is 0 Å². The molecule has 2 amide bonds. The van der Waals surface area contributed by atoms with E-state index >= 15 is 0 Å². The number of thiophene rings is 1. The van der Waals surface area contributed by atoms with Crippen LogP contribution < -0.4 is 4.90 Å². The second kappa shape index (κ2) is 7.00. The number of carbonyl (C=O) groups is 2. The normalized spacial score (nSPS) is 14.6. The first-order chi connectivity index (χ1) is 12.0. The number of halogens is 1. The molecule has 2 heterocycles. The highest BCUT2D eigenvalue weighted by Crippen LogP contribution is 2.37. The standard InChI is InChI=1S/C18H17ClN2O3S/c1-11-10-12(19)5-6-13(11)21-17(23)15(14-4-3-9-25-14)16(18(21)24)20(2)7-8-22/h3-6,9-10,22H,7-8H2,1-2H3. The third-order valence-corrected chi connectivity index (χ3v) is 5.17. The number of benzene rings is 1. The zero-order chi connectivity index (χ0) is 18.1. The molecular formula is C18H17ClN2O3S. The molecule has 1 aromatic carbocycles. The first-order valence-electron chi connectivity index (χ1n) is 7.70. The zero-order valence-corrected chi connectivity index (χ0v) is 15.4. The van der Waals surface area contributed by atoms with Crippen LogP contribution in [-0.4, -0.2) is 42.0 Å². The van der Waals surface area contributed by atoms with E-state index in [0.29, 0.717) is 22.0 Å². The average molecular weight is 377 g/mol. The number of aliphatic hydroxyl groups is 1. The van der Waals surface area contributed by atoms with Crippen LogP contribution in [0.25, 0.3) is 5.57 Å². The Bertz CT molecular complexity index is 861. The van der Waals surface area contributed by atoms with Gasteiger partial charge in [-0.2, -0.15) is 0 Å². The minimum Gasteiger partial charge on any atom is -0.395 e. The third-order valence-electron chi connectivity index (χ3n) is 4.04. The van der Waals surface area contributed by atoms with Crippen molar-refractivity contribution in [2.45, 2.75) is 6.92 Å². The van der Waals surface area contributed by atoms with Gasteiger partial charge in [-0.05, 0) is 42.1 Å². The van der Waals surface area contributed by atoms with Crippen LogP contribution in [0.15, 0.2) is 41.4 Å². The Hall–Kier alpha value is -2.15. The number of likely N-dealkylation sites (N-methyl/N-ethyl adjacent to an activating group) is 1. The highest BCUT2D eigenvalue weighted by molar-refractivity contribution is 7.11. The van der Waals surface area contributed by atoms with Crippen molar-refractivity contribution < 1.29 is 14.7 Å². The van der Waals surface area contributed by atoms with E-state index < -0.39 is 5.91 Å². The van der Waals surface area contributed by atoms with Crippen molar-refractivity contribution in [2.24, 2.45) is 0 Å². The van der Waals surface area contributed by atoms with Crippen molar-refractivity contribution in [1.82, 2.24) is 4.90 Å². The minimum atomic E-state index is -0.394.